The van der Waals surface area contributed by atoms with E-state index in [9.17, 15) is 9.90 Å². The molecule has 1 amide bonds. The average Bonchev–Trinajstić information content (AvgIpc) is 2.36. The molecule has 18 heavy (non-hydrogen) atoms. The second kappa shape index (κ2) is 8.31. The van der Waals surface area contributed by atoms with Gasteiger partial charge in [-0.3, -0.25) is 4.79 Å². The molecule has 1 aromatic rings. The molecule has 0 radical (unpaired) electrons. The number of aromatic hydroxyl groups is 1. The summed E-state index contributed by atoms with van der Waals surface area (Å²) in [4.78, 5) is 11.7. The van der Waals surface area contributed by atoms with Crippen LogP contribution in [-0.4, -0.2) is 30.8 Å². The van der Waals surface area contributed by atoms with Crippen molar-refractivity contribution in [2.24, 2.45) is 0 Å². The fourth-order valence-electron chi connectivity index (χ4n) is 1.34. The molecule has 0 spiro atoms. The lowest BCUT2D eigenvalue weighted by Gasteiger charge is -2.07. The number of nitrogens with one attached hydrogen (secondary N) is 1. The topological polar surface area (TPSA) is 58.6 Å². The Hall–Kier alpha value is -0.820. The van der Waals surface area contributed by atoms with E-state index in [-0.39, 0.29) is 11.7 Å². The third-order valence-corrected chi connectivity index (χ3v) is 3.29. The molecular weight excluding hydrogens is 345 g/mol. The van der Waals surface area contributed by atoms with Crippen LogP contribution in [0.4, 0.5) is 0 Å². The van der Waals surface area contributed by atoms with Crippen LogP contribution >= 0.6 is 22.6 Å². The molecule has 0 atom stereocenters. The van der Waals surface area contributed by atoms with E-state index in [2.05, 4.69) is 12.2 Å². The summed E-state index contributed by atoms with van der Waals surface area (Å²) in [5.41, 5.74) is 0.460. The molecule has 0 aliphatic heterocycles. The van der Waals surface area contributed by atoms with Gasteiger partial charge in [-0.15, -0.1) is 0 Å². The standard InChI is InChI=1S/C13H18INO3/c1-2-3-7-18-8-6-15-13(17)10-4-5-11(14)12(16)9-10/h4-5,9,16H,2-3,6-8H2,1H3,(H,15,17). The summed E-state index contributed by atoms with van der Waals surface area (Å²) in [6.07, 6.45) is 2.15. The van der Waals surface area contributed by atoms with E-state index in [1.54, 1.807) is 12.1 Å². The maximum absolute atomic E-state index is 11.7. The van der Waals surface area contributed by atoms with Gasteiger partial charge in [-0.25, -0.2) is 0 Å². The zero-order valence-electron chi connectivity index (χ0n) is 10.4. The van der Waals surface area contributed by atoms with E-state index >= 15 is 0 Å². The van der Waals surface area contributed by atoms with Crippen LogP contribution in [0, 0.1) is 3.57 Å². The molecule has 0 aliphatic rings. The fourth-order valence-corrected chi connectivity index (χ4v) is 1.68. The van der Waals surface area contributed by atoms with Crippen LogP contribution in [0.3, 0.4) is 0 Å². The lowest BCUT2D eigenvalue weighted by molar-refractivity contribution is 0.0912. The number of carbonyl (C=O) groups excluding carboxylic acids is 1. The van der Waals surface area contributed by atoms with Crippen molar-refractivity contribution in [2.75, 3.05) is 19.8 Å². The number of benzene rings is 1. The summed E-state index contributed by atoms with van der Waals surface area (Å²) in [6.45, 7) is 3.84. The Balaban J connectivity index is 2.30. The molecule has 0 bridgehead atoms. The van der Waals surface area contributed by atoms with Crippen molar-refractivity contribution in [3.8, 4) is 5.75 Å². The normalized spacial score (nSPS) is 10.3. The predicted octanol–water partition coefficient (Wildman–Crippen LogP) is 2.54. The molecule has 2 N–H and O–H groups in total. The molecule has 0 heterocycles. The molecule has 0 fully saturated rings. The van der Waals surface area contributed by atoms with Crippen molar-refractivity contribution in [3.63, 3.8) is 0 Å². The van der Waals surface area contributed by atoms with Crippen LogP contribution in [0.2, 0.25) is 0 Å². The second-order valence-corrected chi connectivity index (χ2v) is 5.05. The Morgan fingerprint density at radius 3 is 2.89 bits per heavy atom. The molecular formula is C13H18INO3. The van der Waals surface area contributed by atoms with Crippen LogP contribution in [0.15, 0.2) is 18.2 Å². The zero-order chi connectivity index (χ0) is 13.4. The molecule has 5 heteroatoms. The molecule has 0 saturated heterocycles. The van der Waals surface area contributed by atoms with Crippen LogP contribution in [0.5, 0.6) is 5.75 Å². The highest BCUT2D eigenvalue weighted by Gasteiger charge is 2.07. The molecule has 0 unspecified atom stereocenters. The SMILES string of the molecule is CCCCOCCNC(=O)c1ccc(I)c(O)c1. The van der Waals surface area contributed by atoms with E-state index in [1.165, 1.54) is 6.07 Å². The zero-order valence-corrected chi connectivity index (χ0v) is 12.6. The van der Waals surface area contributed by atoms with Crippen LogP contribution < -0.4 is 5.32 Å². The third kappa shape index (κ3) is 5.22. The van der Waals surface area contributed by atoms with Gasteiger partial charge in [0.15, 0.2) is 0 Å². The van der Waals surface area contributed by atoms with E-state index < -0.39 is 0 Å². The summed E-state index contributed by atoms with van der Waals surface area (Å²) in [5.74, 6) is -0.0664. The molecule has 1 rings (SSSR count). The quantitative estimate of drug-likeness (QED) is 0.578. The van der Waals surface area contributed by atoms with Crippen molar-refractivity contribution in [1.82, 2.24) is 5.32 Å². The fraction of sp³-hybridized carbons (Fsp3) is 0.462. The predicted molar refractivity (Wildman–Crippen MR) is 78.9 cm³/mol. The first-order chi connectivity index (χ1) is 8.65. The largest absolute Gasteiger partial charge is 0.507 e. The van der Waals surface area contributed by atoms with Gasteiger partial charge in [0, 0.05) is 18.7 Å². The number of rotatable bonds is 7. The van der Waals surface area contributed by atoms with Crippen molar-refractivity contribution < 1.29 is 14.6 Å². The number of carbonyl (C=O) groups is 1. The number of hydrogen-bond donors (Lipinski definition) is 2. The van der Waals surface area contributed by atoms with Crippen LogP contribution in [0.25, 0.3) is 0 Å². The van der Waals surface area contributed by atoms with Gasteiger partial charge in [-0.05, 0) is 47.2 Å². The van der Waals surface area contributed by atoms with Crippen LogP contribution in [0.1, 0.15) is 30.1 Å². The highest BCUT2D eigenvalue weighted by Crippen LogP contribution is 2.20. The minimum Gasteiger partial charge on any atom is -0.507 e. The van der Waals surface area contributed by atoms with Gasteiger partial charge in [-0.1, -0.05) is 13.3 Å². The number of phenolic OH excluding ortho intramolecular Hbond substituents is 1. The first-order valence-electron chi connectivity index (χ1n) is 5.99. The average molecular weight is 363 g/mol. The maximum atomic E-state index is 11.7. The number of unbranched alkanes of at least 4 members (excludes halogenated alkanes) is 1. The monoisotopic (exact) mass is 363 g/mol. The summed E-state index contributed by atoms with van der Waals surface area (Å²) in [6, 6.07) is 4.87. The van der Waals surface area contributed by atoms with Crippen LogP contribution in [-0.2, 0) is 4.74 Å². The summed E-state index contributed by atoms with van der Waals surface area (Å²) < 4.78 is 6.07. The molecule has 0 aliphatic carbocycles. The molecule has 0 aromatic heterocycles. The van der Waals surface area contributed by atoms with Gasteiger partial charge in [-0.2, -0.15) is 0 Å². The number of hydrogen-bond acceptors (Lipinski definition) is 3. The number of halogens is 1. The Bertz CT molecular complexity index is 396. The minimum atomic E-state index is -0.194. The first-order valence-corrected chi connectivity index (χ1v) is 7.07. The van der Waals surface area contributed by atoms with Gasteiger partial charge in [0.1, 0.15) is 5.75 Å². The Morgan fingerprint density at radius 2 is 2.22 bits per heavy atom. The van der Waals surface area contributed by atoms with Gasteiger partial charge in [0.25, 0.3) is 5.91 Å². The summed E-state index contributed by atoms with van der Waals surface area (Å²) in [7, 11) is 0. The minimum absolute atomic E-state index is 0.127. The van der Waals surface area contributed by atoms with Crippen molar-refractivity contribution in [2.45, 2.75) is 19.8 Å². The van der Waals surface area contributed by atoms with Gasteiger partial charge in [0.05, 0.1) is 10.2 Å². The van der Waals surface area contributed by atoms with E-state index in [1.807, 2.05) is 22.6 Å². The van der Waals surface area contributed by atoms with Gasteiger partial charge in [0.2, 0.25) is 0 Å². The summed E-state index contributed by atoms with van der Waals surface area (Å²) >= 11 is 2.01. The number of phenols is 1. The van der Waals surface area contributed by atoms with E-state index in [4.69, 9.17) is 4.74 Å². The molecule has 1 aromatic carbocycles. The maximum Gasteiger partial charge on any atom is 0.251 e. The molecule has 0 saturated carbocycles. The smallest absolute Gasteiger partial charge is 0.251 e. The Morgan fingerprint density at radius 1 is 1.44 bits per heavy atom. The molecule has 100 valence electrons. The van der Waals surface area contributed by atoms with Crippen molar-refractivity contribution in [3.05, 3.63) is 27.3 Å². The number of amides is 1. The number of ether oxygens (including phenoxy) is 1. The Labute approximate surface area is 121 Å². The highest BCUT2D eigenvalue weighted by molar-refractivity contribution is 14.1. The lowest BCUT2D eigenvalue weighted by Crippen LogP contribution is -2.27. The van der Waals surface area contributed by atoms with Crippen molar-refractivity contribution in [1.29, 1.82) is 0 Å². The first kappa shape index (κ1) is 15.2. The Kier molecular flexibility index (Phi) is 7.04. The highest BCUT2D eigenvalue weighted by atomic mass is 127. The second-order valence-electron chi connectivity index (χ2n) is 3.89. The van der Waals surface area contributed by atoms with E-state index in [0.717, 1.165) is 23.0 Å². The van der Waals surface area contributed by atoms with Gasteiger partial charge < -0.3 is 15.2 Å². The van der Waals surface area contributed by atoms with Gasteiger partial charge >= 0.3 is 0 Å². The van der Waals surface area contributed by atoms with E-state index in [0.29, 0.717) is 18.7 Å². The third-order valence-electron chi connectivity index (χ3n) is 2.38. The van der Waals surface area contributed by atoms with Crippen molar-refractivity contribution >= 4 is 28.5 Å². The lowest BCUT2D eigenvalue weighted by atomic mass is 10.2. The molecule has 4 nitrogen and oxygen atoms in total. The summed E-state index contributed by atoms with van der Waals surface area (Å²) in [5, 5.41) is 12.3.